The summed E-state index contributed by atoms with van der Waals surface area (Å²) in [5.74, 6) is -0.277. The summed E-state index contributed by atoms with van der Waals surface area (Å²) in [6.07, 6.45) is 4.46. The van der Waals surface area contributed by atoms with Crippen LogP contribution in [0.4, 0.5) is 4.39 Å². The van der Waals surface area contributed by atoms with Crippen molar-refractivity contribution in [2.75, 3.05) is 0 Å². The van der Waals surface area contributed by atoms with Crippen molar-refractivity contribution in [1.82, 2.24) is 0 Å². The summed E-state index contributed by atoms with van der Waals surface area (Å²) < 4.78 is 13.3. The van der Waals surface area contributed by atoms with Crippen molar-refractivity contribution in [2.24, 2.45) is 5.41 Å². The second kappa shape index (κ2) is 5.47. The maximum absolute atomic E-state index is 13.3. The quantitative estimate of drug-likeness (QED) is 0.794. The Balaban J connectivity index is 2.05. The first-order valence-corrected chi connectivity index (χ1v) is 7.81. The number of aliphatic hydroxyl groups is 1. The minimum Gasteiger partial charge on any atom is -0.392 e. The molecule has 2 atom stereocenters. The van der Waals surface area contributed by atoms with E-state index in [1.807, 2.05) is 13.8 Å². The first kappa shape index (κ1) is 15.2. The van der Waals surface area contributed by atoms with Gasteiger partial charge in [0.25, 0.3) is 0 Å². The average molecular weight is 300 g/mol. The van der Waals surface area contributed by atoms with Crippen LogP contribution in [0, 0.1) is 11.2 Å². The molecule has 22 heavy (non-hydrogen) atoms. The van der Waals surface area contributed by atoms with Crippen molar-refractivity contribution in [3.05, 3.63) is 52.4 Å². The number of benzene rings is 1. The zero-order chi connectivity index (χ0) is 15.9. The molecule has 0 heterocycles. The lowest BCUT2D eigenvalue weighted by Crippen LogP contribution is -2.42. The fourth-order valence-electron chi connectivity index (χ4n) is 3.89. The SMILES string of the molecule is CC1=C2CCC[C@H](O)[C@@]2(C)CC(=Cc2cccc(F)c2)C1=O. The van der Waals surface area contributed by atoms with Gasteiger partial charge >= 0.3 is 0 Å². The number of halogens is 1. The van der Waals surface area contributed by atoms with Crippen LogP contribution in [-0.2, 0) is 4.79 Å². The molecule has 3 rings (SSSR count). The molecule has 2 aliphatic carbocycles. The standard InChI is InChI=1S/C19H21FO2/c1-12-16-7-4-8-17(21)19(16,2)11-14(18(12)22)9-13-5-3-6-15(20)10-13/h3,5-6,9-10,17,21H,4,7-8,11H2,1-2H3/t17-,19-/m0/s1. The molecular formula is C19H21FO2. The zero-order valence-electron chi connectivity index (χ0n) is 13.0. The predicted molar refractivity (Wildman–Crippen MR) is 84.7 cm³/mol. The summed E-state index contributed by atoms with van der Waals surface area (Å²) in [5.41, 5.74) is 2.85. The van der Waals surface area contributed by atoms with E-state index in [-0.39, 0.29) is 17.0 Å². The van der Waals surface area contributed by atoms with Crippen LogP contribution in [0.15, 0.2) is 41.0 Å². The first-order valence-electron chi connectivity index (χ1n) is 7.81. The molecule has 0 bridgehead atoms. The molecule has 0 aromatic heterocycles. The van der Waals surface area contributed by atoms with Crippen molar-refractivity contribution in [3.63, 3.8) is 0 Å². The van der Waals surface area contributed by atoms with Gasteiger partial charge in [0.15, 0.2) is 5.78 Å². The molecule has 0 saturated heterocycles. The fraction of sp³-hybridized carbons (Fsp3) is 0.421. The lowest BCUT2D eigenvalue weighted by atomic mass is 9.61. The third-order valence-corrected chi connectivity index (χ3v) is 5.16. The highest BCUT2D eigenvalue weighted by atomic mass is 19.1. The Labute approximate surface area is 130 Å². The summed E-state index contributed by atoms with van der Waals surface area (Å²) >= 11 is 0. The number of Topliss-reactive ketones (excluding diaryl/α,β-unsaturated/α-hetero) is 1. The minimum absolute atomic E-state index is 0.0332. The average Bonchev–Trinajstić information content (AvgIpc) is 2.47. The Morgan fingerprint density at radius 3 is 2.91 bits per heavy atom. The van der Waals surface area contributed by atoms with Gasteiger partial charge in [0, 0.05) is 11.0 Å². The van der Waals surface area contributed by atoms with E-state index in [0.717, 1.165) is 30.4 Å². The van der Waals surface area contributed by atoms with Crippen LogP contribution in [0.2, 0.25) is 0 Å². The van der Waals surface area contributed by atoms with Crippen molar-refractivity contribution < 1.29 is 14.3 Å². The normalized spacial score (nSPS) is 30.6. The Morgan fingerprint density at radius 1 is 1.41 bits per heavy atom. The van der Waals surface area contributed by atoms with E-state index in [1.165, 1.54) is 12.1 Å². The van der Waals surface area contributed by atoms with Crippen LogP contribution < -0.4 is 0 Å². The van der Waals surface area contributed by atoms with Gasteiger partial charge in [-0.1, -0.05) is 24.6 Å². The van der Waals surface area contributed by atoms with Gasteiger partial charge in [-0.05, 0) is 62.0 Å². The monoisotopic (exact) mass is 300 g/mol. The molecule has 0 aliphatic heterocycles. The van der Waals surface area contributed by atoms with Gasteiger partial charge in [-0.25, -0.2) is 4.39 Å². The molecule has 1 fully saturated rings. The van der Waals surface area contributed by atoms with E-state index >= 15 is 0 Å². The van der Waals surface area contributed by atoms with E-state index in [1.54, 1.807) is 18.2 Å². The molecular weight excluding hydrogens is 279 g/mol. The number of rotatable bonds is 1. The molecule has 0 spiro atoms. The van der Waals surface area contributed by atoms with Crippen molar-refractivity contribution in [2.45, 2.75) is 45.6 Å². The third-order valence-electron chi connectivity index (χ3n) is 5.16. The second-order valence-corrected chi connectivity index (χ2v) is 6.66. The van der Waals surface area contributed by atoms with Gasteiger partial charge in [-0.15, -0.1) is 0 Å². The number of hydrogen-bond donors (Lipinski definition) is 1. The van der Waals surface area contributed by atoms with Crippen LogP contribution in [0.1, 0.15) is 45.1 Å². The Kier molecular flexibility index (Phi) is 3.77. The van der Waals surface area contributed by atoms with Gasteiger partial charge in [-0.3, -0.25) is 4.79 Å². The van der Waals surface area contributed by atoms with E-state index in [9.17, 15) is 14.3 Å². The molecule has 1 aromatic carbocycles. The number of carbonyl (C=O) groups is 1. The summed E-state index contributed by atoms with van der Waals surface area (Å²) in [6.45, 7) is 3.90. The van der Waals surface area contributed by atoms with E-state index in [2.05, 4.69) is 0 Å². The maximum atomic E-state index is 13.3. The highest BCUT2D eigenvalue weighted by Gasteiger charge is 2.45. The molecule has 2 aliphatic rings. The minimum atomic E-state index is -0.421. The summed E-state index contributed by atoms with van der Waals surface area (Å²) in [7, 11) is 0. The first-order chi connectivity index (χ1) is 10.4. The molecule has 2 nitrogen and oxygen atoms in total. The number of carbonyl (C=O) groups excluding carboxylic acids is 1. The zero-order valence-corrected chi connectivity index (χ0v) is 13.0. The Bertz CT molecular complexity index is 686. The molecule has 0 radical (unpaired) electrons. The van der Waals surface area contributed by atoms with Crippen LogP contribution in [0.5, 0.6) is 0 Å². The molecule has 1 saturated carbocycles. The summed E-state index contributed by atoms with van der Waals surface area (Å²) in [5, 5.41) is 10.5. The summed E-state index contributed by atoms with van der Waals surface area (Å²) in [6, 6.07) is 6.24. The van der Waals surface area contributed by atoms with E-state index < -0.39 is 6.10 Å². The molecule has 116 valence electrons. The van der Waals surface area contributed by atoms with Gasteiger partial charge in [0.05, 0.1) is 6.10 Å². The smallest absolute Gasteiger partial charge is 0.184 e. The number of aliphatic hydroxyl groups excluding tert-OH is 1. The molecule has 0 unspecified atom stereocenters. The number of ketones is 1. The Hall–Kier alpha value is -1.74. The molecule has 1 aromatic rings. The van der Waals surface area contributed by atoms with E-state index in [4.69, 9.17) is 0 Å². The lowest BCUT2D eigenvalue weighted by Gasteiger charge is -2.45. The Morgan fingerprint density at radius 2 is 2.18 bits per heavy atom. The van der Waals surface area contributed by atoms with Crippen molar-refractivity contribution in [1.29, 1.82) is 0 Å². The van der Waals surface area contributed by atoms with Gasteiger partial charge < -0.3 is 5.11 Å². The van der Waals surface area contributed by atoms with Gasteiger partial charge in [0.2, 0.25) is 0 Å². The molecule has 1 N–H and O–H groups in total. The highest BCUT2D eigenvalue weighted by molar-refractivity contribution is 6.12. The van der Waals surface area contributed by atoms with Gasteiger partial charge in [-0.2, -0.15) is 0 Å². The lowest BCUT2D eigenvalue weighted by molar-refractivity contribution is -0.113. The fourth-order valence-corrected chi connectivity index (χ4v) is 3.89. The topological polar surface area (TPSA) is 37.3 Å². The van der Waals surface area contributed by atoms with Gasteiger partial charge in [0.1, 0.15) is 5.82 Å². The van der Waals surface area contributed by atoms with E-state index in [0.29, 0.717) is 17.6 Å². The van der Waals surface area contributed by atoms with Crippen LogP contribution in [-0.4, -0.2) is 17.0 Å². The van der Waals surface area contributed by atoms with Crippen molar-refractivity contribution >= 4 is 11.9 Å². The largest absolute Gasteiger partial charge is 0.392 e. The predicted octanol–water partition coefficient (Wildman–Crippen LogP) is 4.05. The maximum Gasteiger partial charge on any atom is 0.184 e. The third kappa shape index (κ3) is 2.44. The summed E-state index contributed by atoms with van der Waals surface area (Å²) in [4.78, 5) is 12.6. The van der Waals surface area contributed by atoms with Crippen molar-refractivity contribution in [3.8, 4) is 0 Å². The highest BCUT2D eigenvalue weighted by Crippen LogP contribution is 2.50. The van der Waals surface area contributed by atoms with Crippen LogP contribution in [0.3, 0.4) is 0 Å². The van der Waals surface area contributed by atoms with Crippen LogP contribution >= 0.6 is 0 Å². The molecule has 3 heteroatoms. The number of hydrogen-bond acceptors (Lipinski definition) is 2. The van der Waals surface area contributed by atoms with Crippen LogP contribution in [0.25, 0.3) is 6.08 Å². The number of fused-ring (bicyclic) bond motifs is 1. The second-order valence-electron chi connectivity index (χ2n) is 6.66. The molecule has 0 amide bonds. The number of allylic oxidation sites excluding steroid dienone is 2.